The van der Waals surface area contributed by atoms with Crippen LogP contribution in [-0.2, 0) is 19.6 Å². The molecule has 1 atom stereocenters. The zero-order chi connectivity index (χ0) is 24.3. The van der Waals surface area contributed by atoms with Crippen molar-refractivity contribution in [3.63, 3.8) is 0 Å². The molecule has 0 bridgehead atoms. The first-order chi connectivity index (χ1) is 16.2. The maximum Gasteiger partial charge on any atom is 0.261 e. The number of benzene rings is 3. The molecule has 34 heavy (non-hydrogen) atoms. The smallest absolute Gasteiger partial charge is 0.261 e. The van der Waals surface area contributed by atoms with Crippen LogP contribution >= 0.6 is 11.6 Å². The van der Waals surface area contributed by atoms with Gasteiger partial charge in [0, 0.05) is 29.4 Å². The average molecular weight is 500 g/mol. The van der Waals surface area contributed by atoms with Crippen LogP contribution in [0.5, 0.6) is 5.75 Å². The minimum absolute atomic E-state index is 0.0643. The number of ether oxygens (including phenoxy) is 1. The highest BCUT2D eigenvalue weighted by molar-refractivity contribution is 7.92. The van der Waals surface area contributed by atoms with Crippen molar-refractivity contribution in [2.75, 3.05) is 28.6 Å². The van der Waals surface area contributed by atoms with E-state index >= 15 is 0 Å². The molecule has 2 amide bonds. The van der Waals surface area contributed by atoms with Gasteiger partial charge >= 0.3 is 0 Å². The van der Waals surface area contributed by atoms with Crippen molar-refractivity contribution in [3.05, 3.63) is 77.8 Å². The van der Waals surface area contributed by atoms with Crippen LogP contribution in [0.1, 0.15) is 6.42 Å². The molecule has 1 unspecified atom stereocenters. The van der Waals surface area contributed by atoms with Crippen LogP contribution in [0.4, 0.5) is 17.1 Å². The Hall–Kier alpha value is -3.56. The van der Waals surface area contributed by atoms with Gasteiger partial charge in [-0.05, 0) is 66.7 Å². The number of nitrogens with one attached hydrogen (secondary N) is 2. The van der Waals surface area contributed by atoms with E-state index in [1.165, 1.54) is 30.3 Å². The highest BCUT2D eigenvalue weighted by atomic mass is 35.5. The molecule has 1 saturated heterocycles. The van der Waals surface area contributed by atoms with E-state index in [0.29, 0.717) is 22.1 Å². The number of amides is 2. The van der Waals surface area contributed by atoms with Gasteiger partial charge in [0.1, 0.15) is 5.75 Å². The Bertz CT molecular complexity index is 1310. The summed E-state index contributed by atoms with van der Waals surface area (Å²) in [5.41, 5.74) is 1.39. The summed E-state index contributed by atoms with van der Waals surface area (Å²) in [4.78, 5) is 27.0. The fraction of sp³-hybridized carbons (Fsp3) is 0.167. The van der Waals surface area contributed by atoms with Crippen LogP contribution in [0.2, 0.25) is 5.02 Å². The van der Waals surface area contributed by atoms with Crippen molar-refractivity contribution in [2.45, 2.75) is 11.3 Å². The van der Waals surface area contributed by atoms with Gasteiger partial charge in [-0.15, -0.1) is 0 Å². The molecular formula is C24H22ClN3O5S. The van der Waals surface area contributed by atoms with Gasteiger partial charge in [0.15, 0.2) is 0 Å². The molecule has 0 radical (unpaired) electrons. The van der Waals surface area contributed by atoms with E-state index in [2.05, 4.69) is 10.0 Å². The van der Waals surface area contributed by atoms with Gasteiger partial charge in [-0.3, -0.25) is 14.3 Å². The molecule has 0 spiro atoms. The van der Waals surface area contributed by atoms with Crippen LogP contribution in [0.15, 0.2) is 77.7 Å². The van der Waals surface area contributed by atoms with Gasteiger partial charge in [-0.25, -0.2) is 8.42 Å². The minimum Gasteiger partial charge on any atom is -0.497 e. The third kappa shape index (κ3) is 5.32. The van der Waals surface area contributed by atoms with Crippen LogP contribution in [-0.4, -0.2) is 33.9 Å². The average Bonchev–Trinajstić information content (AvgIpc) is 3.21. The summed E-state index contributed by atoms with van der Waals surface area (Å²) in [6.07, 6.45) is 0.0841. The minimum atomic E-state index is -3.82. The van der Waals surface area contributed by atoms with E-state index in [1.54, 1.807) is 54.5 Å². The van der Waals surface area contributed by atoms with E-state index in [0.717, 1.165) is 0 Å². The fourth-order valence-corrected chi connectivity index (χ4v) is 4.80. The second-order valence-electron chi connectivity index (χ2n) is 7.73. The Kier molecular flexibility index (Phi) is 6.76. The van der Waals surface area contributed by atoms with Crippen molar-refractivity contribution in [1.82, 2.24) is 0 Å². The Labute approximate surface area is 202 Å². The number of anilines is 3. The molecule has 0 aliphatic carbocycles. The number of rotatable bonds is 7. The van der Waals surface area contributed by atoms with Gasteiger partial charge in [-0.2, -0.15) is 0 Å². The lowest BCUT2D eigenvalue weighted by Crippen LogP contribution is -2.28. The second kappa shape index (κ2) is 9.74. The van der Waals surface area contributed by atoms with Gasteiger partial charge in [-0.1, -0.05) is 17.7 Å². The summed E-state index contributed by atoms with van der Waals surface area (Å²) < 4.78 is 32.8. The van der Waals surface area contributed by atoms with E-state index in [9.17, 15) is 18.0 Å². The van der Waals surface area contributed by atoms with Crippen molar-refractivity contribution in [1.29, 1.82) is 0 Å². The molecule has 0 saturated carbocycles. The fourth-order valence-electron chi connectivity index (χ4n) is 3.63. The van der Waals surface area contributed by atoms with E-state index < -0.39 is 15.9 Å². The van der Waals surface area contributed by atoms with Crippen molar-refractivity contribution in [2.24, 2.45) is 5.92 Å². The predicted octanol–water partition coefficient (Wildman–Crippen LogP) is 4.14. The first-order valence-corrected chi connectivity index (χ1v) is 12.2. The summed E-state index contributed by atoms with van der Waals surface area (Å²) in [5, 5.41) is 3.21. The van der Waals surface area contributed by atoms with Crippen molar-refractivity contribution < 1.29 is 22.7 Å². The molecule has 1 aliphatic rings. The number of carbonyl (C=O) groups is 2. The Morgan fingerprint density at radius 2 is 1.71 bits per heavy atom. The molecule has 8 nitrogen and oxygen atoms in total. The lowest BCUT2D eigenvalue weighted by molar-refractivity contribution is -0.122. The highest BCUT2D eigenvalue weighted by Gasteiger charge is 2.35. The van der Waals surface area contributed by atoms with Crippen molar-refractivity contribution >= 4 is 50.5 Å². The van der Waals surface area contributed by atoms with Crippen LogP contribution in [0, 0.1) is 5.92 Å². The van der Waals surface area contributed by atoms with Gasteiger partial charge in [0.2, 0.25) is 11.8 Å². The summed E-state index contributed by atoms with van der Waals surface area (Å²) >= 11 is 5.83. The first-order valence-electron chi connectivity index (χ1n) is 10.4. The standard InChI is InChI=1S/C24H22ClN3O5S/c1-33-21-9-7-20(8-10-21)28-15-16(13-23(28)29)24(30)26-18-3-2-4-19(14-18)27-34(31,32)22-11-5-17(25)6-12-22/h2-12,14,16,27H,13,15H2,1H3,(H,26,30). The first kappa shape index (κ1) is 23.6. The number of hydrogen-bond donors (Lipinski definition) is 2. The van der Waals surface area contributed by atoms with Crippen molar-refractivity contribution in [3.8, 4) is 5.75 Å². The summed E-state index contributed by atoms with van der Waals surface area (Å²) in [5.74, 6) is -0.322. The molecule has 0 aromatic heterocycles. The number of carbonyl (C=O) groups excluding carboxylic acids is 2. The lowest BCUT2D eigenvalue weighted by atomic mass is 10.1. The molecule has 4 rings (SSSR count). The highest BCUT2D eigenvalue weighted by Crippen LogP contribution is 2.28. The molecule has 1 heterocycles. The Morgan fingerprint density at radius 1 is 1.03 bits per heavy atom. The molecule has 3 aromatic carbocycles. The zero-order valence-corrected chi connectivity index (χ0v) is 19.8. The molecule has 1 aliphatic heterocycles. The van der Waals surface area contributed by atoms with Crippen LogP contribution < -0.4 is 19.7 Å². The van der Waals surface area contributed by atoms with E-state index in [-0.39, 0.29) is 35.4 Å². The third-order valence-corrected chi connectivity index (χ3v) is 7.04. The molecular weight excluding hydrogens is 478 g/mol. The number of nitrogens with zero attached hydrogens (tertiary/aromatic N) is 1. The molecule has 2 N–H and O–H groups in total. The predicted molar refractivity (Wildman–Crippen MR) is 131 cm³/mol. The summed E-state index contributed by atoms with van der Waals surface area (Å²) in [6, 6.07) is 19.2. The van der Waals surface area contributed by atoms with Crippen LogP contribution in [0.25, 0.3) is 0 Å². The third-order valence-electron chi connectivity index (χ3n) is 5.39. The van der Waals surface area contributed by atoms with Gasteiger partial charge in [0.05, 0.1) is 23.6 Å². The maximum atomic E-state index is 12.8. The second-order valence-corrected chi connectivity index (χ2v) is 9.85. The Balaban J connectivity index is 1.42. The largest absolute Gasteiger partial charge is 0.497 e. The number of hydrogen-bond acceptors (Lipinski definition) is 5. The monoisotopic (exact) mass is 499 g/mol. The topological polar surface area (TPSA) is 105 Å². The number of methoxy groups -OCH3 is 1. The van der Waals surface area contributed by atoms with E-state index in [1.807, 2.05) is 0 Å². The Morgan fingerprint density at radius 3 is 2.38 bits per heavy atom. The molecule has 1 fully saturated rings. The normalized spacial score (nSPS) is 15.8. The zero-order valence-electron chi connectivity index (χ0n) is 18.2. The summed E-state index contributed by atoms with van der Waals surface area (Å²) in [7, 11) is -2.26. The lowest BCUT2D eigenvalue weighted by Gasteiger charge is -2.17. The molecule has 176 valence electrons. The number of halogens is 1. The van der Waals surface area contributed by atoms with Crippen LogP contribution in [0.3, 0.4) is 0 Å². The van der Waals surface area contributed by atoms with E-state index in [4.69, 9.17) is 16.3 Å². The van der Waals surface area contributed by atoms with Gasteiger partial charge < -0.3 is 15.0 Å². The molecule has 3 aromatic rings. The van der Waals surface area contributed by atoms with Gasteiger partial charge in [0.25, 0.3) is 10.0 Å². The summed E-state index contributed by atoms with van der Waals surface area (Å²) in [6.45, 7) is 0.250. The quantitative estimate of drug-likeness (QED) is 0.508. The molecule has 10 heteroatoms. The SMILES string of the molecule is COc1ccc(N2CC(C(=O)Nc3cccc(NS(=O)(=O)c4ccc(Cl)cc4)c3)CC2=O)cc1. The number of sulfonamides is 1. The maximum absolute atomic E-state index is 12.8.